The van der Waals surface area contributed by atoms with Crippen molar-refractivity contribution in [3.05, 3.63) is 42.0 Å². The zero-order valence-electron chi connectivity index (χ0n) is 13.6. The summed E-state index contributed by atoms with van der Waals surface area (Å²) in [5.74, 6) is -0.0793. The summed E-state index contributed by atoms with van der Waals surface area (Å²) in [6.45, 7) is 1.87. The Kier molecular flexibility index (Phi) is 4.54. The molecule has 0 spiro atoms. The topological polar surface area (TPSA) is 72.7 Å². The molecule has 1 N–H and O–H groups in total. The fourth-order valence-corrected chi connectivity index (χ4v) is 4.03. The van der Waals surface area contributed by atoms with E-state index in [1.165, 1.54) is 23.1 Å². The van der Waals surface area contributed by atoms with Crippen LogP contribution in [0.2, 0.25) is 0 Å². The second kappa shape index (κ2) is 6.97. The van der Waals surface area contributed by atoms with Gasteiger partial charge in [-0.3, -0.25) is 4.79 Å². The van der Waals surface area contributed by atoms with Crippen LogP contribution in [0.4, 0.5) is 5.13 Å². The van der Waals surface area contributed by atoms with Crippen molar-refractivity contribution >= 4 is 34.1 Å². The van der Waals surface area contributed by atoms with Gasteiger partial charge in [0.25, 0.3) is 0 Å². The first kappa shape index (κ1) is 16.3. The minimum Gasteiger partial charge on any atom is -0.306 e. The van der Waals surface area contributed by atoms with Crippen molar-refractivity contribution in [3.63, 3.8) is 0 Å². The number of nitrogens with zero attached hydrogens (tertiary/aromatic N) is 4. The summed E-state index contributed by atoms with van der Waals surface area (Å²) in [7, 11) is 0. The number of amides is 1. The maximum absolute atomic E-state index is 12.5. The number of carbonyl (C=O) groups excluding carboxylic acids is 1. The Hall–Kier alpha value is -2.19. The zero-order chi connectivity index (χ0) is 17.2. The molecule has 1 amide bonds. The number of hydrogen-bond acceptors (Lipinski definition) is 6. The van der Waals surface area contributed by atoms with Crippen LogP contribution < -0.4 is 5.32 Å². The highest BCUT2D eigenvalue weighted by atomic mass is 32.2. The van der Waals surface area contributed by atoms with Crippen LogP contribution in [0.5, 0.6) is 0 Å². The number of benzene rings is 1. The first-order valence-electron chi connectivity index (χ1n) is 8.08. The summed E-state index contributed by atoms with van der Waals surface area (Å²) in [5, 5.41) is 14.1. The van der Waals surface area contributed by atoms with Crippen LogP contribution >= 0.6 is 23.1 Å². The van der Waals surface area contributed by atoms with Crippen molar-refractivity contribution in [1.82, 2.24) is 19.7 Å². The average Bonchev–Trinajstić information content (AvgIpc) is 3.19. The van der Waals surface area contributed by atoms with Gasteiger partial charge >= 0.3 is 0 Å². The summed E-state index contributed by atoms with van der Waals surface area (Å²) in [6.07, 6.45) is 4.07. The number of nitrogens with one attached hydrogen (secondary N) is 1. The average molecular weight is 371 g/mol. The molecule has 0 unspecified atom stereocenters. The minimum atomic E-state index is -0.272. The molecule has 3 aromatic rings. The molecular formula is C17H17N5OS2. The predicted octanol–water partition coefficient (Wildman–Crippen LogP) is 3.86. The maximum atomic E-state index is 12.5. The molecule has 0 bridgehead atoms. The van der Waals surface area contributed by atoms with Crippen LogP contribution in [0.25, 0.3) is 11.3 Å². The summed E-state index contributed by atoms with van der Waals surface area (Å²) in [4.78, 5) is 17.0. The monoisotopic (exact) mass is 371 g/mol. The van der Waals surface area contributed by atoms with Crippen molar-refractivity contribution in [1.29, 1.82) is 0 Å². The van der Waals surface area contributed by atoms with E-state index >= 15 is 0 Å². The summed E-state index contributed by atoms with van der Waals surface area (Å²) in [5.41, 5.74) is 1.91. The minimum absolute atomic E-state index is 0.0793. The number of thioether (sulfide) groups is 1. The Morgan fingerprint density at radius 2 is 2.16 bits per heavy atom. The van der Waals surface area contributed by atoms with Gasteiger partial charge in [0.15, 0.2) is 10.3 Å². The smallest absolute Gasteiger partial charge is 0.239 e. The molecule has 0 aliphatic heterocycles. The van der Waals surface area contributed by atoms with Crippen LogP contribution in [-0.4, -0.2) is 30.9 Å². The van der Waals surface area contributed by atoms with Gasteiger partial charge in [-0.25, -0.2) is 4.98 Å². The van der Waals surface area contributed by atoms with E-state index in [0.29, 0.717) is 11.2 Å². The van der Waals surface area contributed by atoms with Crippen molar-refractivity contribution in [3.8, 4) is 11.3 Å². The van der Waals surface area contributed by atoms with Gasteiger partial charge in [0.05, 0.1) is 10.9 Å². The van der Waals surface area contributed by atoms with E-state index in [0.717, 1.165) is 29.3 Å². The Bertz CT molecular complexity index is 872. The standard InChI is InChI=1S/C17H17N5OS2/c1-11(25-17-21-18-10-22(17)13-7-8-13)15(23)20-16-19-14(9-24-16)12-5-3-2-4-6-12/h2-6,9-11,13H,7-8H2,1H3,(H,19,20,23)/t11-/m1/s1. The predicted molar refractivity (Wildman–Crippen MR) is 99.8 cm³/mol. The fourth-order valence-electron chi connectivity index (χ4n) is 2.41. The molecule has 8 heteroatoms. The van der Waals surface area contributed by atoms with Gasteiger partial charge in [0.1, 0.15) is 6.33 Å². The molecule has 128 valence electrons. The molecule has 0 radical (unpaired) electrons. The second-order valence-electron chi connectivity index (χ2n) is 5.91. The molecule has 6 nitrogen and oxygen atoms in total. The summed E-state index contributed by atoms with van der Waals surface area (Å²) >= 11 is 2.86. The van der Waals surface area contributed by atoms with Crippen LogP contribution in [-0.2, 0) is 4.79 Å². The normalized spacial score (nSPS) is 15.1. The third-order valence-electron chi connectivity index (χ3n) is 3.94. The number of anilines is 1. The molecule has 1 aliphatic rings. The lowest BCUT2D eigenvalue weighted by atomic mass is 10.2. The van der Waals surface area contributed by atoms with E-state index in [2.05, 4.69) is 25.1 Å². The molecule has 1 atom stereocenters. The Morgan fingerprint density at radius 1 is 1.36 bits per heavy atom. The van der Waals surface area contributed by atoms with E-state index in [1.807, 2.05) is 42.6 Å². The van der Waals surface area contributed by atoms with Crippen LogP contribution in [0, 0.1) is 0 Å². The van der Waals surface area contributed by atoms with Gasteiger partial charge in [-0.15, -0.1) is 21.5 Å². The molecule has 1 aliphatic carbocycles. The van der Waals surface area contributed by atoms with Crippen molar-refractivity contribution in [2.45, 2.75) is 36.2 Å². The highest BCUT2D eigenvalue weighted by Crippen LogP contribution is 2.38. The van der Waals surface area contributed by atoms with E-state index in [4.69, 9.17) is 0 Å². The summed E-state index contributed by atoms with van der Waals surface area (Å²) in [6, 6.07) is 10.4. The molecular weight excluding hydrogens is 354 g/mol. The van der Waals surface area contributed by atoms with Gasteiger partial charge in [0, 0.05) is 17.0 Å². The SMILES string of the molecule is C[C@@H](Sc1nncn1C1CC1)C(=O)Nc1nc(-c2ccccc2)cs1. The number of thiazole rings is 1. The van der Waals surface area contributed by atoms with Gasteiger partial charge in [-0.2, -0.15) is 0 Å². The quantitative estimate of drug-likeness (QED) is 0.666. The Labute approximate surface area is 153 Å². The summed E-state index contributed by atoms with van der Waals surface area (Å²) < 4.78 is 2.06. The number of hydrogen-bond donors (Lipinski definition) is 1. The molecule has 2 heterocycles. The van der Waals surface area contributed by atoms with Crippen LogP contribution in [0.15, 0.2) is 47.2 Å². The Balaban J connectivity index is 1.40. The van der Waals surface area contributed by atoms with E-state index in [9.17, 15) is 4.79 Å². The Morgan fingerprint density at radius 3 is 2.92 bits per heavy atom. The molecule has 4 rings (SSSR count). The van der Waals surface area contributed by atoms with E-state index in [1.54, 1.807) is 6.33 Å². The first-order valence-corrected chi connectivity index (χ1v) is 9.84. The van der Waals surface area contributed by atoms with E-state index < -0.39 is 0 Å². The lowest BCUT2D eigenvalue weighted by Crippen LogP contribution is -2.22. The van der Waals surface area contributed by atoms with Gasteiger partial charge in [-0.1, -0.05) is 42.1 Å². The number of aromatic nitrogens is 4. The lowest BCUT2D eigenvalue weighted by Gasteiger charge is -2.10. The van der Waals surface area contributed by atoms with Crippen LogP contribution in [0.1, 0.15) is 25.8 Å². The van der Waals surface area contributed by atoms with Gasteiger partial charge in [0.2, 0.25) is 5.91 Å². The third kappa shape index (κ3) is 3.74. The zero-order valence-corrected chi connectivity index (χ0v) is 15.3. The second-order valence-corrected chi connectivity index (χ2v) is 8.07. The molecule has 0 saturated heterocycles. The molecule has 1 saturated carbocycles. The van der Waals surface area contributed by atoms with E-state index in [-0.39, 0.29) is 11.2 Å². The number of rotatable bonds is 6. The van der Waals surface area contributed by atoms with Crippen molar-refractivity contribution in [2.24, 2.45) is 0 Å². The first-order chi connectivity index (χ1) is 12.2. The van der Waals surface area contributed by atoms with Gasteiger partial charge < -0.3 is 9.88 Å². The largest absolute Gasteiger partial charge is 0.306 e. The molecule has 1 fully saturated rings. The maximum Gasteiger partial charge on any atom is 0.239 e. The van der Waals surface area contributed by atoms with Crippen LogP contribution in [0.3, 0.4) is 0 Å². The van der Waals surface area contributed by atoms with Gasteiger partial charge in [-0.05, 0) is 19.8 Å². The fraction of sp³-hybridized carbons (Fsp3) is 0.294. The molecule has 1 aromatic carbocycles. The highest BCUT2D eigenvalue weighted by Gasteiger charge is 2.28. The number of carbonyl (C=O) groups is 1. The molecule has 2 aromatic heterocycles. The third-order valence-corrected chi connectivity index (χ3v) is 5.76. The van der Waals surface area contributed by atoms with Crippen molar-refractivity contribution in [2.75, 3.05) is 5.32 Å². The molecule has 25 heavy (non-hydrogen) atoms. The highest BCUT2D eigenvalue weighted by molar-refractivity contribution is 8.00. The lowest BCUT2D eigenvalue weighted by molar-refractivity contribution is -0.115. The van der Waals surface area contributed by atoms with Crippen molar-refractivity contribution < 1.29 is 4.79 Å².